The number of amides is 2. The topological polar surface area (TPSA) is 61.9 Å². The SMILES string of the molecule is O=C(NCCN1CCOCC1)[C@@H](c1ccccc1)N(Cc1ccccc1)C(=O)Cc1ccccc1. The fraction of sp³-hybridized carbons (Fsp3) is 0.310. The predicted octanol–water partition coefficient (Wildman–Crippen LogP) is 3.45. The smallest absolute Gasteiger partial charge is 0.247 e. The van der Waals surface area contributed by atoms with Gasteiger partial charge < -0.3 is 15.0 Å². The number of morpholine rings is 1. The highest BCUT2D eigenvalue weighted by molar-refractivity contribution is 5.89. The molecule has 6 nitrogen and oxygen atoms in total. The fourth-order valence-electron chi connectivity index (χ4n) is 4.34. The van der Waals surface area contributed by atoms with Crippen molar-refractivity contribution in [3.63, 3.8) is 0 Å². The Morgan fingerprint density at radius 3 is 2.03 bits per heavy atom. The van der Waals surface area contributed by atoms with Crippen LogP contribution in [0.15, 0.2) is 91.0 Å². The molecule has 0 unspecified atom stereocenters. The third-order valence-electron chi connectivity index (χ3n) is 6.22. The van der Waals surface area contributed by atoms with Crippen LogP contribution in [-0.4, -0.2) is 61.0 Å². The molecule has 0 aliphatic carbocycles. The van der Waals surface area contributed by atoms with Crippen molar-refractivity contribution in [2.75, 3.05) is 39.4 Å². The largest absolute Gasteiger partial charge is 0.379 e. The number of hydrogen-bond acceptors (Lipinski definition) is 4. The van der Waals surface area contributed by atoms with Crippen LogP contribution < -0.4 is 5.32 Å². The molecular weight excluding hydrogens is 438 g/mol. The van der Waals surface area contributed by atoms with Gasteiger partial charge in [-0.2, -0.15) is 0 Å². The highest BCUT2D eigenvalue weighted by Crippen LogP contribution is 2.25. The van der Waals surface area contributed by atoms with Crippen molar-refractivity contribution in [1.29, 1.82) is 0 Å². The zero-order valence-electron chi connectivity index (χ0n) is 20.0. The average molecular weight is 472 g/mol. The quantitative estimate of drug-likeness (QED) is 0.492. The molecule has 1 atom stereocenters. The molecular formula is C29H33N3O3. The van der Waals surface area contributed by atoms with Gasteiger partial charge in [0.05, 0.1) is 19.6 Å². The van der Waals surface area contributed by atoms with E-state index in [1.807, 2.05) is 91.0 Å². The van der Waals surface area contributed by atoms with Crippen molar-refractivity contribution >= 4 is 11.8 Å². The second kappa shape index (κ2) is 12.8. The van der Waals surface area contributed by atoms with Gasteiger partial charge in [0.2, 0.25) is 11.8 Å². The number of benzene rings is 3. The second-order valence-electron chi connectivity index (χ2n) is 8.73. The predicted molar refractivity (Wildman–Crippen MR) is 137 cm³/mol. The molecule has 0 spiro atoms. The van der Waals surface area contributed by atoms with Crippen LogP contribution in [0.25, 0.3) is 0 Å². The van der Waals surface area contributed by atoms with Crippen LogP contribution in [0.2, 0.25) is 0 Å². The van der Waals surface area contributed by atoms with Crippen LogP contribution >= 0.6 is 0 Å². The summed E-state index contributed by atoms with van der Waals surface area (Å²) in [5.74, 6) is -0.251. The maximum Gasteiger partial charge on any atom is 0.247 e. The normalized spacial score (nSPS) is 14.7. The molecule has 0 aromatic heterocycles. The zero-order chi connectivity index (χ0) is 24.3. The van der Waals surface area contributed by atoms with E-state index in [9.17, 15) is 9.59 Å². The monoisotopic (exact) mass is 471 g/mol. The third-order valence-corrected chi connectivity index (χ3v) is 6.22. The van der Waals surface area contributed by atoms with Crippen LogP contribution in [0.3, 0.4) is 0 Å². The summed E-state index contributed by atoms with van der Waals surface area (Å²) in [7, 11) is 0. The Balaban J connectivity index is 1.57. The molecule has 0 bridgehead atoms. The van der Waals surface area contributed by atoms with E-state index in [1.165, 1.54) is 0 Å². The molecule has 1 aliphatic rings. The minimum Gasteiger partial charge on any atom is -0.379 e. The first-order chi connectivity index (χ1) is 17.2. The van der Waals surface area contributed by atoms with Gasteiger partial charge in [-0.05, 0) is 16.7 Å². The van der Waals surface area contributed by atoms with Crippen molar-refractivity contribution in [1.82, 2.24) is 15.1 Å². The lowest BCUT2D eigenvalue weighted by molar-refractivity contribution is -0.141. The Morgan fingerprint density at radius 1 is 0.829 bits per heavy atom. The van der Waals surface area contributed by atoms with Crippen LogP contribution in [-0.2, 0) is 27.3 Å². The maximum absolute atomic E-state index is 13.7. The van der Waals surface area contributed by atoms with E-state index in [4.69, 9.17) is 4.74 Å². The van der Waals surface area contributed by atoms with Crippen LogP contribution in [0.4, 0.5) is 0 Å². The molecule has 3 aromatic rings. The van der Waals surface area contributed by atoms with Gasteiger partial charge in [-0.15, -0.1) is 0 Å². The first-order valence-electron chi connectivity index (χ1n) is 12.2. The Kier molecular flexibility index (Phi) is 9.04. The number of nitrogens with zero attached hydrogens (tertiary/aromatic N) is 2. The number of carbonyl (C=O) groups excluding carboxylic acids is 2. The van der Waals surface area contributed by atoms with E-state index >= 15 is 0 Å². The summed E-state index contributed by atoms with van der Waals surface area (Å²) < 4.78 is 5.41. The van der Waals surface area contributed by atoms with Gasteiger partial charge in [0.1, 0.15) is 6.04 Å². The summed E-state index contributed by atoms with van der Waals surface area (Å²) in [6, 6.07) is 28.4. The number of ether oxygens (including phenoxy) is 1. The molecule has 0 radical (unpaired) electrons. The Labute approximate surface area is 207 Å². The van der Waals surface area contributed by atoms with Gasteiger partial charge in [-0.25, -0.2) is 0 Å². The number of nitrogens with one attached hydrogen (secondary N) is 1. The maximum atomic E-state index is 13.7. The lowest BCUT2D eigenvalue weighted by atomic mass is 10.0. The Morgan fingerprint density at radius 2 is 1.40 bits per heavy atom. The number of rotatable bonds is 10. The summed E-state index contributed by atoms with van der Waals surface area (Å²) in [5, 5.41) is 3.10. The molecule has 2 amide bonds. The molecule has 1 aliphatic heterocycles. The average Bonchev–Trinajstić information content (AvgIpc) is 2.91. The van der Waals surface area contributed by atoms with E-state index in [0.29, 0.717) is 13.1 Å². The van der Waals surface area contributed by atoms with Gasteiger partial charge in [-0.3, -0.25) is 14.5 Å². The summed E-state index contributed by atoms with van der Waals surface area (Å²) in [4.78, 5) is 31.3. The van der Waals surface area contributed by atoms with Gasteiger partial charge >= 0.3 is 0 Å². The zero-order valence-corrected chi connectivity index (χ0v) is 20.0. The third kappa shape index (κ3) is 7.25. The highest BCUT2D eigenvalue weighted by atomic mass is 16.5. The first-order valence-corrected chi connectivity index (χ1v) is 12.2. The van der Waals surface area contributed by atoms with E-state index in [-0.39, 0.29) is 18.2 Å². The van der Waals surface area contributed by atoms with Crippen molar-refractivity contribution in [2.24, 2.45) is 0 Å². The van der Waals surface area contributed by atoms with Crippen molar-refractivity contribution < 1.29 is 14.3 Å². The standard InChI is InChI=1S/C29H33N3O3/c33-27(22-24-10-4-1-5-11-24)32(23-25-12-6-2-7-13-25)28(26-14-8-3-9-15-26)29(34)30-16-17-31-18-20-35-21-19-31/h1-15,28H,16-23H2,(H,30,34)/t28-/m1/s1. The van der Waals surface area contributed by atoms with Crippen molar-refractivity contribution in [2.45, 2.75) is 19.0 Å². The lowest BCUT2D eigenvalue weighted by Crippen LogP contribution is -2.46. The Hall–Kier alpha value is -3.48. The van der Waals surface area contributed by atoms with Crippen molar-refractivity contribution in [3.8, 4) is 0 Å². The van der Waals surface area contributed by atoms with Crippen LogP contribution in [0, 0.1) is 0 Å². The molecule has 6 heteroatoms. The lowest BCUT2D eigenvalue weighted by Gasteiger charge is -2.32. The fourth-order valence-corrected chi connectivity index (χ4v) is 4.34. The van der Waals surface area contributed by atoms with E-state index in [0.717, 1.165) is 49.5 Å². The molecule has 4 rings (SSSR count). The molecule has 1 fully saturated rings. The summed E-state index contributed by atoms with van der Waals surface area (Å²) in [6.07, 6.45) is 0.234. The van der Waals surface area contributed by atoms with Crippen LogP contribution in [0.1, 0.15) is 22.7 Å². The first kappa shape index (κ1) is 24.6. The van der Waals surface area contributed by atoms with Crippen molar-refractivity contribution in [3.05, 3.63) is 108 Å². The van der Waals surface area contributed by atoms with Gasteiger partial charge in [0.15, 0.2) is 0 Å². The molecule has 3 aromatic carbocycles. The molecule has 1 N–H and O–H groups in total. The van der Waals surface area contributed by atoms with E-state index in [1.54, 1.807) is 4.90 Å². The number of hydrogen-bond donors (Lipinski definition) is 1. The Bertz CT molecular complexity index is 1050. The summed E-state index contributed by atoms with van der Waals surface area (Å²) >= 11 is 0. The summed E-state index contributed by atoms with van der Waals surface area (Å²) in [6.45, 7) is 4.81. The highest BCUT2D eigenvalue weighted by Gasteiger charge is 2.31. The summed E-state index contributed by atoms with van der Waals surface area (Å²) in [5.41, 5.74) is 2.71. The molecule has 182 valence electrons. The number of carbonyl (C=O) groups is 2. The molecule has 0 saturated carbocycles. The van der Waals surface area contributed by atoms with Crippen LogP contribution in [0.5, 0.6) is 0 Å². The molecule has 1 heterocycles. The molecule has 1 saturated heterocycles. The van der Waals surface area contributed by atoms with Gasteiger partial charge in [0, 0.05) is 32.7 Å². The minimum atomic E-state index is -0.725. The van der Waals surface area contributed by atoms with Gasteiger partial charge in [-0.1, -0.05) is 91.0 Å². The minimum absolute atomic E-state index is 0.0859. The van der Waals surface area contributed by atoms with Gasteiger partial charge in [0.25, 0.3) is 0 Å². The second-order valence-corrected chi connectivity index (χ2v) is 8.73. The van der Waals surface area contributed by atoms with E-state index in [2.05, 4.69) is 10.2 Å². The molecule has 35 heavy (non-hydrogen) atoms. The van der Waals surface area contributed by atoms with E-state index < -0.39 is 6.04 Å².